The monoisotopic (exact) mass is 534 g/mol. The van der Waals surface area contributed by atoms with Crippen molar-refractivity contribution in [3.63, 3.8) is 0 Å². The second-order valence-corrected chi connectivity index (χ2v) is 13.0. The number of aryl methyl sites for hydroxylation is 1. The maximum absolute atomic E-state index is 13.1. The number of hydrogen-bond acceptors (Lipinski definition) is 6. The van der Waals surface area contributed by atoms with Crippen LogP contribution in [-0.4, -0.2) is 30.4 Å². The largest absolute Gasteiger partial charge is 0.595 e. The van der Waals surface area contributed by atoms with Gasteiger partial charge in [0.25, 0.3) is 0 Å². The Morgan fingerprint density at radius 3 is 2.27 bits per heavy atom. The molecule has 1 aromatic rings. The molecule has 0 bridgehead atoms. The summed E-state index contributed by atoms with van der Waals surface area (Å²) < 4.78 is 29.5. The molecule has 210 valence electrons. The Labute approximate surface area is 225 Å². The van der Waals surface area contributed by atoms with Crippen LogP contribution in [0.2, 0.25) is 0 Å². The smallest absolute Gasteiger partial charge is 0.353 e. The Balaban J connectivity index is 2.16. The lowest BCUT2D eigenvalue weighted by Crippen LogP contribution is -2.35. The first kappa shape index (κ1) is 31.6. The molecule has 1 fully saturated rings. The fourth-order valence-corrected chi connectivity index (χ4v) is 6.30. The SMILES string of the molecule is CCCCCCCCc1ccc([C@H]2CC[C@@](/C=C/P(=O)(OCC)OCC)(N=C([O-])OC(C)(C)C)C2)cc1. The molecule has 2 rings (SSSR count). The van der Waals surface area contributed by atoms with Crippen LogP contribution in [0, 0.1) is 0 Å². The van der Waals surface area contributed by atoms with Crippen molar-refractivity contribution in [1.82, 2.24) is 0 Å². The fourth-order valence-electron chi connectivity index (χ4n) is 4.88. The predicted molar refractivity (Wildman–Crippen MR) is 151 cm³/mol. The van der Waals surface area contributed by atoms with Crippen LogP contribution in [0.1, 0.15) is 116 Å². The summed E-state index contributed by atoms with van der Waals surface area (Å²) in [5.41, 5.74) is 1.17. The van der Waals surface area contributed by atoms with Gasteiger partial charge in [0.05, 0.1) is 18.8 Å². The summed E-state index contributed by atoms with van der Waals surface area (Å²) >= 11 is 0. The van der Waals surface area contributed by atoms with E-state index >= 15 is 0 Å². The third kappa shape index (κ3) is 11.3. The van der Waals surface area contributed by atoms with E-state index in [0.29, 0.717) is 12.8 Å². The Morgan fingerprint density at radius 1 is 1.05 bits per heavy atom. The molecule has 0 N–H and O–H groups in total. The van der Waals surface area contributed by atoms with Crippen molar-refractivity contribution in [3.05, 3.63) is 47.3 Å². The van der Waals surface area contributed by atoms with Crippen LogP contribution >= 0.6 is 7.60 Å². The lowest BCUT2D eigenvalue weighted by molar-refractivity contribution is -0.261. The van der Waals surface area contributed by atoms with Crippen LogP contribution in [0.4, 0.5) is 0 Å². The van der Waals surface area contributed by atoms with E-state index in [4.69, 9.17) is 13.8 Å². The molecule has 1 aliphatic carbocycles. The number of hydrogen-bond donors (Lipinski definition) is 0. The van der Waals surface area contributed by atoms with Crippen molar-refractivity contribution >= 4 is 13.7 Å². The number of rotatable bonds is 15. The number of ether oxygens (including phenoxy) is 1. The molecule has 1 aliphatic rings. The average Bonchev–Trinajstić information content (AvgIpc) is 3.24. The molecule has 6 nitrogen and oxygen atoms in total. The maximum atomic E-state index is 13.1. The summed E-state index contributed by atoms with van der Waals surface area (Å²) in [5, 5.41) is 12.7. The Bertz CT molecular complexity index is 896. The molecule has 0 radical (unpaired) electrons. The van der Waals surface area contributed by atoms with E-state index in [0.717, 1.165) is 12.8 Å². The lowest BCUT2D eigenvalue weighted by Gasteiger charge is -2.32. The summed E-state index contributed by atoms with van der Waals surface area (Å²) in [5.74, 6) is 1.73. The topological polar surface area (TPSA) is 80.2 Å². The van der Waals surface area contributed by atoms with E-state index < -0.39 is 24.8 Å². The second kappa shape index (κ2) is 15.1. The molecule has 0 saturated heterocycles. The van der Waals surface area contributed by atoms with Crippen LogP contribution in [0.5, 0.6) is 0 Å². The number of nitrogens with zero attached hydrogens (tertiary/aromatic N) is 1. The van der Waals surface area contributed by atoms with E-state index in [9.17, 15) is 9.67 Å². The number of benzene rings is 1. The van der Waals surface area contributed by atoms with Crippen molar-refractivity contribution in [1.29, 1.82) is 0 Å². The fraction of sp³-hybridized carbons (Fsp3) is 0.700. The van der Waals surface area contributed by atoms with Gasteiger partial charge in [-0.25, -0.2) is 0 Å². The quantitative estimate of drug-likeness (QED) is 0.0988. The summed E-state index contributed by atoms with van der Waals surface area (Å²) in [7, 11) is -3.41. The van der Waals surface area contributed by atoms with E-state index in [1.165, 1.54) is 55.5 Å². The van der Waals surface area contributed by atoms with Crippen LogP contribution in [0.15, 0.2) is 41.2 Å². The Morgan fingerprint density at radius 2 is 1.68 bits per heavy atom. The van der Waals surface area contributed by atoms with Crippen molar-refractivity contribution in [2.24, 2.45) is 4.99 Å². The molecular formula is C30H49NO5P-. The molecule has 0 amide bonds. The van der Waals surface area contributed by atoms with E-state index in [-0.39, 0.29) is 19.1 Å². The third-order valence-electron chi connectivity index (χ3n) is 6.69. The molecule has 2 atom stereocenters. The molecule has 0 aromatic heterocycles. The second-order valence-electron chi connectivity index (χ2n) is 11.1. The van der Waals surface area contributed by atoms with Crippen molar-refractivity contribution in [2.45, 2.75) is 123 Å². The van der Waals surface area contributed by atoms with Crippen LogP contribution in [0.3, 0.4) is 0 Å². The van der Waals surface area contributed by atoms with Gasteiger partial charge in [0.15, 0.2) is 0 Å². The van der Waals surface area contributed by atoms with Gasteiger partial charge in [-0.05, 0) is 69.1 Å². The average molecular weight is 535 g/mol. The highest BCUT2D eigenvalue weighted by Gasteiger charge is 2.39. The van der Waals surface area contributed by atoms with E-state index in [2.05, 4.69) is 36.2 Å². The molecular weight excluding hydrogens is 485 g/mol. The summed E-state index contributed by atoms with van der Waals surface area (Å²) in [6.07, 6.45) is 12.2. The highest BCUT2D eigenvalue weighted by molar-refractivity contribution is 7.57. The van der Waals surface area contributed by atoms with Gasteiger partial charge in [-0.2, -0.15) is 0 Å². The zero-order chi connectivity index (χ0) is 27.4. The van der Waals surface area contributed by atoms with E-state index in [1.807, 2.05) is 20.8 Å². The minimum Gasteiger partial charge on any atom is -0.595 e. The van der Waals surface area contributed by atoms with Crippen molar-refractivity contribution in [3.8, 4) is 0 Å². The number of aliphatic imine (C=N–C) groups is 1. The lowest BCUT2D eigenvalue weighted by atomic mass is 9.92. The van der Waals surface area contributed by atoms with Crippen molar-refractivity contribution < 1.29 is 23.5 Å². The molecule has 37 heavy (non-hydrogen) atoms. The van der Waals surface area contributed by atoms with Gasteiger partial charge in [-0.1, -0.05) is 84.1 Å². The Hall–Kier alpha value is -1.62. The first-order chi connectivity index (χ1) is 17.5. The van der Waals surface area contributed by atoms with E-state index in [1.54, 1.807) is 19.9 Å². The minimum atomic E-state index is -3.41. The van der Waals surface area contributed by atoms with Gasteiger partial charge in [0, 0.05) is 11.4 Å². The predicted octanol–water partition coefficient (Wildman–Crippen LogP) is 7.91. The normalized spacial score (nSPS) is 21.1. The van der Waals surface area contributed by atoms with Gasteiger partial charge in [-0.3, -0.25) is 9.56 Å². The van der Waals surface area contributed by atoms with Gasteiger partial charge >= 0.3 is 7.60 Å². The maximum Gasteiger partial charge on any atom is 0.353 e. The molecule has 0 aliphatic heterocycles. The molecule has 0 unspecified atom stereocenters. The Kier molecular flexibility index (Phi) is 12.9. The van der Waals surface area contributed by atoms with Gasteiger partial charge in [0.2, 0.25) is 0 Å². The highest BCUT2D eigenvalue weighted by Crippen LogP contribution is 2.52. The summed E-state index contributed by atoms with van der Waals surface area (Å²) in [6.45, 7) is 11.8. The first-order valence-electron chi connectivity index (χ1n) is 14.2. The molecule has 0 heterocycles. The van der Waals surface area contributed by atoms with Crippen molar-refractivity contribution in [2.75, 3.05) is 13.2 Å². The summed E-state index contributed by atoms with van der Waals surface area (Å²) in [4.78, 5) is 4.50. The molecule has 1 aromatic carbocycles. The zero-order valence-corrected chi connectivity index (χ0v) is 24.9. The van der Waals surface area contributed by atoms with Crippen LogP contribution in [-0.2, 0) is 24.8 Å². The highest BCUT2D eigenvalue weighted by atomic mass is 31.2. The minimum absolute atomic E-state index is 0.248. The van der Waals surface area contributed by atoms with Crippen LogP contribution in [0.25, 0.3) is 0 Å². The van der Waals surface area contributed by atoms with Gasteiger partial charge in [0.1, 0.15) is 6.08 Å². The standard InChI is InChI=1S/C30H50NO5P/c1-7-10-11-12-13-14-15-25-16-18-26(19-17-25)27-20-21-30(24-27,31-28(32)36-29(4,5)6)22-23-37(33,34-8-2)35-9-3/h16-19,22-23,27H,7-15,20-21,24H2,1-6H3,(H,31,32)/p-1/b23-22+/t27-,30-/m0/s1. The first-order valence-corrected chi connectivity index (χ1v) is 15.8. The molecule has 7 heteroatoms. The zero-order valence-electron chi connectivity index (χ0n) is 24.0. The number of unbranched alkanes of at least 4 members (excludes halogenated alkanes) is 5. The molecule has 0 spiro atoms. The van der Waals surface area contributed by atoms with Gasteiger partial charge in [-0.15, -0.1) is 0 Å². The third-order valence-corrected chi connectivity index (χ3v) is 8.44. The van der Waals surface area contributed by atoms with Gasteiger partial charge < -0.3 is 18.9 Å². The van der Waals surface area contributed by atoms with Crippen LogP contribution < -0.4 is 5.11 Å². The molecule has 1 saturated carbocycles. The summed E-state index contributed by atoms with van der Waals surface area (Å²) in [6, 6.07) is 8.91.